The molecule has 96 valence electrons. The van der Waals surface area contributed by atoms with Gasteiger partial charge in [-0.25, -0.2) is 9.78 Å². The van der Waals surface area contributed by atoms with Crippen molar-refractivity contribution in [2.75, 3.05) is 18.0 Å². The highest BCUT2D eigenvalue weighted by Gasteiger charge is 2.14. The lowest BCUT2D eigenvalue weighted by Crippen LogP contribution is -2.28. The van der Waals surface area contributed by atoms with Gasteiger partial charge in [0.25, 0.3) is 0 Å². The van der Waals surface area contributed by atoms with Crippen molar-refractivity contribution in [1.29, 1.82) is 5.26 Å². The molecule has 0 radical (unpaired) electrons. The number of aromatic carboxylic acids is 1. The fourth-order valence-electron chi connectivity index (χ4n) is 1.52. The summed E-state index contributed by atoms with van der Waals surface area (Å²) in [6.45, 7) is 4.82. The van der Waals surface area contributed by atoms with E-state index in [0.717, 1.165) is 0 Å². The Hall–Kier alpha value is -1.80. The van der Waals surface area contributed by atoms with E-state index in [4.69, 9.17) is 22.0 Å². The Kier molecular flexibility index (Phi) is 4.93. The van der Waals surface area contributed by atoms with Gasteiger partial charge in [0, 0.05) is 13.1 Å². The van der Waals surface area contributed by atoms with E-state index in [1.54, 1.807) is 6.92 Å². The van der Waals surface area contributed by atoms with Gasteiger partial charge >= 0.3 is 5.97 Å². The predicted molar refractivity (Wildman–Crippen MR) is 68.9 cm³/mol. The van der Waals surface area contributed by atoms with Crippen molar-refractivity contribution in [3.63, 3.8) is 0 Å². The summed E-state index contributed by atoms with van der Waals surface area (Å²) in [7, 11) is 0. The van der Waals surface area contributed by atoms with E-state index in [-0.39, 0.29) is 16.6 Å². The molecule has 1 unspecified atom stereocenters. The number of hydrogen-bond donors (Lipinski definition) is 1. The van der Waals surface area contributed by atoms with E-state index in [9.17, 15) is 4.79 Å². The molecule has 0 amide bonds. The summed E-state index contributed by atoms with van der Waals surface area (Å²) in [5, 5.41) is 17.9. The molecule has 0 saturated carbocycles. The molecule has 0 aliphatic rings. The van der Waals surface area contributed by atoms with Crippen LogP contribution < -0.4 is 4.90 Å². The summed E-state index contributed by atoms with van der Waals surface area (Å²) in [5.41, 5.74) is 0.0908. The minimum absolute atomic E-state index is 0.0908. The van der Waals surface area contributed by atoms with Gasteiger partial charge in [0.05, 0.1) is 17.6 Å². The number of rotatable bonds is 5. The molecule has 1 aromatic rings. The van der Waals surface area contributed by atoms with Crippen molar-refractivity contribution in [1.82, 2.24) is 4.98 Å². The van der Waals surface area contributed by atoms with Crippen LogP contribution in [0.25, 0.3) is 0 Å². The molecule has 1 atom stereocenters. The van der Waals surface area contributed by atoms with Crippen LogP contribution in [0.2, 0.25) is 5.15 Å². The van der Waals surface area contributed by atoms with E-state index in [0.29, 0.717) is 18.9 Å². The molecule has 0 aromatic carbocycles. The van der Waals surface area contributed by atoms with Gasteiger partial charge in [0.15, 0.2) is 0 Å². The number of nitrogens with zero attached hydrogens (tertiary/aromatic N) is 3. The molecule has 0 aliphatic carbocycles. The fraction of sp³-hybridized carbons (Fsp3) is 0.417. The fourth-order valence-corrected chi connectivity index (χ4v) is 1.73. The third-order valence-electron chi connectivity index (χ3n) is 2.45. The summed E-state index contributed by atoms with van der Waals surface area (Å²) in [6.07, 6.45) is 0. The van der Waals surface area contributed by atoms with Crippen molar-refractivity contribution >= 4 is 23.4 Å². The van der Waals surface area contributed by atoms with Gasteiger partial charge < -0.3 is 10.0 Å². The second-order valence-electron chi connectivity index (χ2n) is 3.91. The Bertz CT molecular complexity index is 485. The Labute approximate surface area is 111 Å². The second-order valence-corrected chi connectivity index (χ2v) is 4.30. The zero-order valence-electron chi connectivity index (χ0n) is 10.2. The Morgan fingerprint density at radius 2 is 2.33 bits per heavy atom. The summed E-state index contributed by atoms with van der Waals surface area (Å²) in [4.78, 5) is 16.9. The van der Waals surface area contributed by atoms with Crippen LogP contribution in [-0.4, -0.2) is 29.1 Å². The van der Waals surface area contributed by atoms with Gasteiger partial charge in [-0.05, 0) is 26.0 Å². The average molecular weight is 268 g/mol. The van der Waals surface area contributed by atoms with Crippen LogP contribution in [-0.2, 0) is 0 Å². The van der Waals surface area contributed by atoms with Gasteiger partial charge in [0.2, 0.25) is 0 Å². The molecule has 0 aliphatic heterocycles. The van der Waals surface area contributed by atoms with E-state index in [2.05, 4.69) is 11.1 Å². The number of carboxylic acids is 1. The maximum atomic E-state index is 10.9. The zero-order valence-corrected chi connectivity index (χ0v) is 11.0. The van der Waals surface area contributed by atoms with Gasteiger partial charge in [0.1, 0.15) is 11.0 Å². The zero-order chi connectivity index (χ0) is 13.7. The van der Waals surface area contributed by atoms with Crippen LogP contribution in [0, 0.1) is 17.2 Å². The number of nitriles is 1. The lowest BCUT2D eigenvalue weighted by atomic mass is 10.2. The Morgan fingerprint density at radius 1 is 1.67 bits per heavy atom. The van der Waals surface area contributed by atoms with Crippen molar-refractivity contribution in [2.45, 2.75) is 13.8 Å². The van der Waals surface area contributed by atoms with Crippen LogP contribution in [0.15, 0.2) is 12.1 Å². The summed E-state index contributed by atoms with van der Waals surface area (Å²) >= 11 is 5.80. The maximum Gasteiger partial charge on any atom is 0.335 e. The minimum Gasteiger partial charge on any atom is -0.478 e. The summed E-state index contributed by atoms with van der Waals surface area (Å²) in [6, 6.07) is 4.89. The molecule has 6 heteroatoms. The number of hydrogen-bond acceptors (Lipinski definition) is 4. The Morgan fingerprint density at radius 3 is 2.83 bits per heavy atom. The van der Waals surface area contributed by atoms with Crippen molar-refractivity contribution < 1.29 is 9.90 Å². The summed E-state index contributed by atoms with van der Waals surface area (Å²) < 4.78 is 0. The third kappa shape index (κ3) is 3.60. The highest BCUT2D eigenvalue weighted by molar-refractivity contribution is 6.29. The number of pyridine rings is 1. The first-order valence-electron chi connectivity index (χ1n) is 5.53. The molecule has 1 heterocycles. The normalized spacial score (nSPS) is 11.7. The van der Waals surface area contributed by atoms with E-state index < -0.39 is 5.97 Å². The monoisotopic (exact) mass is 267 g/mol. The van der Waals surface area contributed by atoms with Gasteiger partial charge in [-0.3, -0.25) is 0 Å². The number of halogens is 1. The molecular weight excluding hydrogens is 254 g/mol. The second kappa shape index (κ2) is 6.22. The lowest BCUT2D eigenvalue weighted by Gasteiger charge is -2.23. The molecule has 1 rings (SSSR count). The minimum atomic E-state index is -1.05. The SMILES string of the molecule is CCN(CC(C)C#N)c1cc(C(=O)O)cc(Cl)n1. The van der Waals surface area contributed by atoms with Crippen LogP contribution >= 0.6 is 11.6 Å². The van der Waals surface area contributed by atoms with Gasteiger partial charge in [-0.1, -0.05) is 11.6 Å². The van der Waals surface area contributed by atoms with Crippen LogP contribution in [0.5, 0.6) is 0 Å². The average Bonchev–Trinajstić information content (AvgIpc) is 2.34. The molecule has 0 spiro atoms. The topological polar surface area (TPSA) is 77.2 Å². The van der Waals surface area contributed by atoms with E-state index >= 15 is 0 Å². The molecule has 18 heavy (non-hydrogen) atoms. The molecular formula is C12H14ClN3O2. The Balaban J connectivity index is 3.06. The maximum absolute atomic E-state index is 10.9. The standard InChI is InChI=1S/C12H14ClN3O2/c1-3-16(7-8(2)6-14)11-5-9(12(17)18)4-10(13)15-11/h4-5,8H,3,7H2,1-2H3,(H,17,18). The lowest BCUT2D eigenvalue weighted by molar-refractivity contribution is 0.0697. The van der Waals surface area contributed by atoms with Crippen molar-refractivity contribution in [3.05, 3.63) is 22.8 Å². The molecule has 1 N–H and O–H groups in total. The van der Waals surface area contributed by atoms with Crippen molar-refractivity contribution in [3.8, 4) is 6.07 Å². The van der Waals surface area contributed by atoms with Crippen LogP contribution in [0.4, 0.5) is 5.82 Å². The smallest absolute Gasteiger partial charge is 0.335 e. The van der Waals surface area contributed by atoms with Crippen LogP contribution in [0.3, 0.4) is 0 Å². The van der Waals surface area contributed by atoms with Gasteiger partial charge in [-0.2, -0.15) is 5.26 Å². The first-order chi connectivity index (χ1) is 8.47. The van der Waals surface area contributed by atoms with E-state index in [1.807, 2.05) is 11.8 Å². The summed E-state index contributed by atoms with van der Waals surface area (Å²) in [5.74, 6) is -0.742. The molecule has 0 saturated heterocycles. The first-order valence-corrected chi connectivity index (χ1v) is 5.91. The van der Waals surface area contributed by atoms with E-state index in [1.165, 1.54) is 12.1 Å². The number of carbonyl (C=O) groups is 1. The molecule has 0 bridgehead atoms. The third-order valence-corrected chi connectivity index (χ3v) is 2.64. The quantitative estimate of drug-likeness (QED) is 0.829. The number of carboxylic acid groups (broad SMARTS) is 1. The number of anilines is 1. The van der Waals surface area contributed by atoms with Crippen LogP contribution in [0.1, 0.15) is 24.2 Å². The molecule has 5 nitrogen and oxygen atoms in total. The number of aromatic nitrogens is 1. The van der Waals surface area contributed by atoms with Crippen molar-refractivity contribution in [2.24, 2.45) is 5.92 Å². The largest absolute Gasteiger partial charge is 0.478 e. The predicted octanol–water partition coefficient (Wildman–Crippen LogP) is 2.42. The highest BCUT2D eigenvalue weighted by Crippen LogP contribution is 2.19. The highest BCUT2D eigenvalue weighted by atomic mass is 35.5. The molecule has 1 aromatic heterocycles. The van der Waals surface area contributed by atoms with Gasteiger partial charge in [-0.15, -0.1) is 0 Å². The first kappa shape index (κ1) is 14.3. The molecule has 0 fully saturated rings.